The quantitative estimate of drug-likeness (QED) is 0.704. The van der Waals surface area contributed by atoms with Crippen molar-refractivity contribution in [3.8, 4) is 5.88 Å². The highest BCUT2D eigenvalue weighted by molar-refractivity contribution is 5.97. The van der Waals surface area contributed by atoms with Crippen LogP contribution < -0.4 is 10.1 Å². The molecule has 0 saturated carbocycles. The van der Waals surface area contributed by atoms with E-state index in [1.54, 1.807) is 6.20 Å². The zero-order valence-electron chi connectivity index (χ0n) is 15.1. The third-order valence-electron chi connectivity index (χ3n) is 3.68. The summed E-state index contributed by atoms with van der Waals surface area (Å²) in [5.41, 5.74) is 0.762. The molecule has 1 rings (SSSR count). The number of pyridine rings is 1. The molecule has 0 unspecified atom stereocenters. The average molecular weight is 322 g/mol. The number of hydrogen-bond donors (Lipinski definition) is 1. The van der Waals surface area contributed by atoms with Gasteiger partial charge in [0.25, 0.3) is 5.91 Å². The molecule has 130 valence electrons. The van der Waals surface area contributed by atoms with Gasteiger partial charge in [-0.2, -0.15) is 0 Å². The van der Waals surface area contributed by atoms with Gasteiger partial charge in [0.15, 0.2) is 0 Å². The standard InChI is InChI=1S/C18H30N2O3/c1-6-9-10-18(5,23-8-3)17(21)20-15-12-14(4)16(19-13-15)22-11-7-2/h12-13H,6-11H2,1-5H3,(H,20,21)/t18-/m1/s1. The van der Waals surface area contributed by atoms with Crippen LogP contribution in [0.3, 0.4) is 0 Å². The molecule has 0 aromatic carbocycles. The number of anilines is 1. The molecular weight excluding hydrogens is 292 g/mol. The minimum atomic E-state index is -0.809. The summed E-state index contributed by atoms with van der Waals surface area (Å²) < 4.78 is 11.3. The van der Waals surface area contributed by atoms with Gasteiger partial charge in [0.1, 0.15) is 5.60 Å². The molecule has 1 heterocycles. The van der Waals surface area contributed by atoms with E-state index in [0.717, 1.165) is 24.8 Å². The van der Waals surface area contributed by atoms with Crippen molar-refractivity contribution in [3.63, 3.8) is 0 Å². The summed E-state index contributed by atoms with van der Waals surface area (Å²) in [4.78, 5) is 16.9. The molecule has 0 spiro atoms. The Labute approximate surface area is 139 Å². The first-order valence-corrected chi connectivity index (χ1v) is 8.51. The van der Waals surface area contributed by atoms with Gasteiger partial charge in [0, 0.05) is 12.2 Å². The van der Waals surface area contributed by atoms with Crippen molar-refractivity contribution < 1.29 is 14.3 Å². The molecule has 5 nitrogen and oxygen atoms in total. The van der Waals surface area contributed by atoms with E-state index in [1.807, 2.05) is 26.8 Å². The lowest BCUT2D eigenvalue weighted by Gasteiger charge is -2.28. The van der Waals surface area contributed by atoms with E-state index in [-0.39, 0.29) is 5.91 Å². The lowest BCUT2D eigenvalue weighted by molar-refractivity contribution is -0.139. The van der Waals surface area contributed by atoms with Crippen LogP contribution in [0, 0.1) is 6.92 Å². The topological polar surface area (TPSA) is 60.5 Å². The average Bonchev–Trinajstić information content (AvgIpc) is 2.52. The van der Waals surface area contributed by atoms with Crippen molar-refractivity contribution >= 4 is 11.6 Å². The zero-order valence-corrected chi connectivity index (χ0v) is 15.1. The predicted molar refractivity (Wildman–Crippen MR) is 92.9 cm³/mol. The lowest BCUT2D eigenvalue weighted by Crippen LogP contribution is -2.42. The fraction of sp³-hybridized carbons (Fsp3) is 0.667. The first-order chi connectivity index (χ1) is 11.0. The van der Waals surface area contributed by atoms with Gasteiger partial charge in [-0.05, 0) is 39.7 Å². The van der Waals surface area contributed by atoms with Gasteiger partial charge < -0.3 is 14.8 Å². The summed E-state index contributed by atoms with van der Waals surface area (Å²) in [5.74, 6) is 0.486. The fourth-order valence-electron chi connectivity index (χ4n) is 2.33. The molecule has 0 aliphatic heterocycles. The van der Waals surface area contributed by atoms with Crippen LogP contribution in [0.15, 0.2) is 12.3 Å². The number of carbonyl (C=O) groups is 1. The molecule has 0 aliphatic carbocycles. The summed E-state index contributed by atoms with van der Waals surface area (Å²) in [6, 6.07) is 1.88. The number of nitrogens with one attached hydrogen (secondary N) is 1. The Morgan fingerprint density at radius 2 is 2.04 bits per heavy atom. The second kappa shape index (κ2) is 9.50. The molecule has 1 amide bonds. The lowest BCUT2D eigenvalue weighted by atomic mass is 9.97. The van der Waals surface area contributed by atoms with Crippen molar-refractivity contribution in [3.05, 3.63) is 17.8 Å². The Bertz CT molecular complexity index is 505. The number of rotatable bonds is 10. The van der Waals surface area contributed by atoms with Crippen LogP contribution in [-0.4, -0.2) is 29.7 Å². The number of unbranched alkanes of at least 4 members (excludes halogenated alkanes) is 1. The summed E-state index contributed by atoms with van der Waals surface area (Å²) in [6.07, 6.45) is 5.24. The van der Waals surface area contributed by atoms with Gasteiger partial charge in [0.2, 0.25) is 5.88 Å². The molecule has 1 atom stereocenters. The summed E-state index contributed by atoms with van der Waals surface area (Å²) in [7, 11) is 0. The molecule has 0 fully saturated rings. The third kappa shape index (κ3) is 5.82. The minimum absolute atomic E-state index is 0.128. The zero-order chi connectivity index (χ0) is 17.3. The van der Waals surface area contributed by atoms with Gasteiger partial charge in [-0.1, -0.05) is 26.7 Å². The summed E-state index contributed by atoms with van der Waals surface area (Å²) >= 11 is 0. The van der Waals surface area contributed by atoms with Crippen LogP contribution in [0.4, 0.5) is 5.69 Å². The molecule has 5 heteroatoms. The van der Waals surface area contributed by atoms with Gasteiger partial charge in [-0.3, -0.25) is 4.79 Å². The summed E-state index contributed by atoms with van der Waals surface area (Å²) in [5, 5.41) is 2.92. The van der Waals surface area contributed by atoms with E-state index < -0.39 is 5.60 Å². The second-order valence-electron chi connectivity index (χ2n) is 5.92. The van der Waals surface area contributed by atoms with E-state index in [0.29, 0.717) is 31.2 Å². The predicted octanol–water partition coefficient (Wildman–Crippen LogP) is 4.10. The Morgan fingerprint density at radius 3 is 2.61 bits per heavy atom. The normalized spacial score (nSPS) is 13.4. The van der Waals surface area contributed by atoms with Crippen molar-refractivity contribution in [2.24, 2.45) is 0 Å². The fourth-order valence-corrected chi connectivity index (χ4v) is 2.33. The molecule has 0 radical (unpaired) electrons. The van der Waals surface area contributed by atoms with E-state index in [2.05, 4.69) is 24.1 Å². The maximum absolute atomic E-state index is 12.6. The minimum Gasteiger partial charge on any atom is -0.477 e. The maximum atomic E-state index is 12.6. The number of nitrogens with zero attached hydrogens (tertiary/aromatic N) is 1. The van der Waals surface area contributed by atoms with Gasteiger partial charge in [-0.15, -0.1) is 0 Å². The molecular formula is C18H30N2O3. The number of ether oxygens (including phenoxy) is 2. The largest absolute Gasteiger partial charge is 0.477 e. The highest BCUT2D eigenvalue weighted by atomic mass is 16.5. The molecule has 1 N–H and O–H groups in total. The highest BCUT2D eigenvalue weighted by Gasteiger charge is 2.33. The van der Waals surface area contributed by atoms with E-state index in [1.165, 1.54) is 0 Å². The Hall–Kier alpha value is -1.62. The van der Waals surface area contributed by atoms with Crippen LogP contribution in [0.1, 0.15) is 58.9 Å². The number of amides is 1. The SMILES string of the molecule is CCCC[C@@](C)(OCC)C(=O)Nc1cnc(OCCC)c(C)c1. The first kappa shape index (κ1) is 19.4. The van der Waals surface area contributed by atoms with Gasteiger partial charge >= 0.3 is 0 Å². The van der Waals surface area contributed by atoms with E-state index >= 15 is 0 Å². The van der Waals surface area contributed by atoms with Gasteiger partial charge in [0.05, 0.1) is 18.5 Å². The summed E-state index contributed by atoms with van der Waals surface area (Å²) in [6.45, 7) is 11.0. The monoisotopic (exact) mass is 322 g/mol. The second-order valence-corrected chi connectivity index (χ2v) is 5.92. The Kier molecular flexibility index (Phi) is 8.03. The Balaban J connectivity index is 2.79. The van der Waals surface area contributed by atoms with Crippen molar-refractivity contribution in [1.29, 1.82) is 0 Å². The van der Waals surface area contributed by atoms with Crippen LogP contribution >= 0.6 is 0 Å². The third-order valence-corrected chi connectivity index (χ3v) is 3.68. The molecule has 23 heavy (non-hydrogen) atoms. The number of hydrogen-bond acceptors (Lipinski definition) is 4. The molecule has 0 saturated heterocycles. The van der Waals surface area contributed by atoms with Crippen molar-refractivity contribution in [2.45, 2.75) is 65.9 Å². The highest BCUT2D eigenvalue weighted by Crippen LogP contribution is 2.23. The van der Waals surface area contributed by atoms with E-state index in [4.69, 9.17) is 9.47 Å². The van der Waals surface area contributed by atoms with Crippen molar-refractivity contribution in [2.75, 3.05) is 18.5 Å². The smallest absolute Gasteiger partial charge is 0.256 e. The molecule has 1 aromatic rings. The van der Waals surface area contributed by atoms with Crippen LogP contribution in [0.2, 0.25) is 0 Å². The maximum Gasteiger partial charge on any atom is 0.256 e. The number of aryl methyl sites for hydroxylation is 1. The molecule has 0 aliphatic rings. The molecule has 0 bridgehead atoms. The van der Waals surface area contributed by atoms with Crippen molar-refractivity contribution in [1.82, 2.24) is 4.98 Å². The van der Waals surface area contributed by atoms with Crippen LogP contribution in [-0.2, 0) is 9.53 Å². The number of carbonyl (C=O) groups excluding carboxylic acids is 1. The van der Waals surface area contributed by atoms with E-state index in [9.17, 15) is 4.79 Å². The Morgan fingerprint density at radius 1 is 1.30 bits per heavy atom. The number of aromatic nitrogens is 1. The van der Waals surface area contributed by atoms with Gasteiger partial charge in [-0.25, -0.2) is 4.98 Å². The van der Waals surface area contributed by atoms with Crippen LogP contribution in [0.25, 0.3) is 0 Å². The van der Waals surface area contributed by atoms with Crippen LogP contribution in [0.5, 0.6) is 5.88 Å². The first-order valence-electron chi connectivity index (χ1n) is 8.51. The molecule has 1 aromatic heterocycles.